The highest BCUT2D eigenvalue weighted by Crippen LogP contribution is 2.28. The molecule has 0 aromatic carbocycles. The summed E-state index contributed by atoms with van der Waals surface area (Å²) in [6.07, 6.45) is 7.84. The van der Waals surface area contributed by atoms with Crippen LogP contribution in [0.4, 0.5) is 0 Å². The smallest absolute Gasteiger partial charge is 0.279 e. The summed E-state index contributed by atoms with van der Waals surface area (Å²) in [4.78, 5) is 0. The van der Waals surface area contributed by atoms with Gasteiger partial charge in [-0.05, 0) is 45.6 Å². The number of hydrogen-bond donors (Lipinski definition) is 2. The molecule has 2 aliphatic rings. The average Bonchev–Trinajstić information content (AvgIpc) is 2.93. The molecule has 2 fully saturated rings. The Balaban J connectivity index is 1.99. The SMILES string of the molecule is CNCC1CCCCN1S(=O)(=O)NC(C)C1CCCC1. The van der Waals surface area contributed by atoms with E-state index < -0.39 is 10.2 Å². The summed E-state index contributed by atoms with van der Waals surface area (Å²) < 4.78 is 29.9. The first-order chi connectivity index (χ1) is 9.54. The summed E-state index contributed by atoms with van der Waals surface area (Å²) in [7, 11) is -1.47. The average molecular weight is 303 g/mol. The molecule has 0 aromatic rings. The first-order valence-electron chi connectivity index (χ1n) is 7.98. The van der Waals surface area contributed by atoms with E-state index in [4.69, 9.17) is 0 Å². The molecular formula is C14H29N3O2S. The molecule has 1 aliphatic heterocycles. The van der Waals surface area contributed by atoms with Gasteiger partial charge in [0, 0.05) is 25.2 Å². The van der Waals surface area contributed by atoms with Crippen LogP contribution in [0.1, 0.15) is 51.9 Å². The fourth-order valence-electron chi connectivity index (χ4n) is 3.59. The molecule has 2 unspecified atom stereocenters. The molecule has 1 aliphatic carbocycles. The molecule has 0 aromatic heterocycles. The summed E-state index contributed by atoms with van der Waals surface area (Å²) in [6, 6.07) is 0.154. The summed E-state index contributed by atoms with van der Waals surface area (Å²) in [5.74, 6) is 0.511. The van der Waals surface area contributed by atoms with E-state index in [1.165, 1.54) is 12.8 Å². The molecule has 118 valence electrons. The second-order valence-electron chi connectivity index (χ2n) is 6.27. The van der Waals surface area contributed by atoms with Crippen molar-refractivity contribution < 1.29 is 8.42 Å². The third-order valence-electron chi connectivity index (χ3n) is 4.76. The van der Waals surface area contributed by atoms with Crippen molar-refractivity contribution in [3.05, 3.63) is 0 Å². The molecule has 2 rings (SSSR count). The zero-order valence-electron chi connectivity index (χ0n) is 12.8. The van der Waals surface area contributed by atoms with Crippen LogP contribution in [-0.4, -0.2) is 44.9 Å². The minimum Gasteiger partial charge on any atom is -0.318 e. The zero-order valence-corrected chi connectivity index (χ0v) is 13.6. The molecule has 1 saturated carbocycles. The Morgan fingerprint density at radius 3 is 2.45 bits per heavy atom. The van der Waals surface area contributed by atoms with E-state index in [1.807, 2.05) is 14.0 Å². The lowest BCUT2D eigenvalue weighted by Crippen LogP contribution is -2.54. The van der Waals surface area contributed by atoms with Gasteiger partial charge >= 0.3 is 0 Å². The highest BCUT2D eigenvalue weighted by Gasteiger charge is 2.34. The molecule has 0 amide bonds. The summed E-state index contributed by atoms with van der Waals surface area (Å²) in [6.45, 7) is 3.41. The van der Waals surface area contributed by atoms with E-state index in [1.54, 1.807) is 4.31 Å². The standard InChI is InChI=1S/C14H29N3O2S/c1-12(13-7-3-4-8-13)16-20(18,19)17-10-6-5-9-14(17)11-15-2/h12-16H,3-11H2,1-2H3. The van der Waals surface area contributed by atoms with Gasteiger partial charge in [-0.1, -0.05) is 19.3 Å². The topological polar surface area (TPSA) is 61.4 Å². The van der Waals surface area contributed by atoms with Crippen molar-refractivity contribution in [3.63, 3.8) is 0 Å². The Bertz CT molecular complexity index is 391. The minimum atomic E-state index is -3.35. The van der Waals surface area contributed by atoms with Crippen molar-refractivity contribution in [3.8, 4) is 0 Å². The lowest BCUT2D eigenvalue weighted by atomic mass is 10.0. The second-order valence-corrected chi connectivity index (χ2v) is 7.93. The minimum absolute atomic E-state index is 0.0552. The van der Waals surface area contributed by atoms with Crippen molar-refractivity contribution in [2.24, 2.45) is 5.92 Å². The van der Waals surface area contributed by atoms with Gasteiger partial charge in [0.1, 0.15) is 0 Å². The molecule has 0 radical (unpaired) electrons. The third-order valence-corrected chi connectivity index (χ3v) is 6.53. The molecule has 0 spiro atoms. The van der Waals surface area contributed by atoms with Crippen LogP contribution in [0.2, 0.25) is 0 Å². The quantitative estimate of drug-likeness (QED) is 0.781. The Morgan fingerprint density at radius 2 is 1.80 bits per heavy atom. The van der Waals surface area contributed by atoms with Crippen molar-refractivity contribution in [1.29, 1.82) is 0 Å². The monoisotopic (exact) mass is 303 g/mol. The summed E-state index contributed by atoms with van der Waals surface area (Å²) in [5.41, 5.74) is 0. The predicted octanol–water partition coefficient (Wildman–Crippen LogP) is 1.47. The summed E-state index contributed by atoms with van der Waals surface area (Å²) >= 11 is 0. The normalized spacial score (nSPS) is 27.8. The van der Waals surface area contributed by atoms with Crippen LogP contribution in [0, 0.1) is 5.92 Å². The molecule has 20 heavy (non-hydrogen) atoms. The van der Waals surface area contributed by atoms with Crippen LogP contribution in [0.3, 0.4) is 0 Å². The Labute approximate surface area is 123 Å². The van der Waals surface area contributed by atoms with Gasteiger partial charge in [-0.15, -0.1) is 0 Å². The number of hydrogen-bond acceptors (Lipinski definition) is 3. The summed E-state index contributed by atoms with van der Waals surface area (Å²) in [5, 5.41) is 3.11. The Kier molecular flexibility index (Phi) is 5.84. The number of piperidine rings is 1. The number of nitrogens with one attached hydrogen (secondary N) is 2. The van der Waals surface area contributed by atoms with Crippen LogP contribution in [0.15, 0.2) is 0 Å². The van der Waals surface area contributed by atoms with E-state index in [2.05, 4.69) is 10.0 Å². The van der Waals surface area contributed by atoms with Crippen LogP contribution in [-0.2, 0) is 10.2 Å². The van der Waals surface area contributed by atoms with Gasteiger partial charge in [-0.2, -0.15) is 17.4 Å². The van der Waals surface area contributed by atoms with E-state index in [-0.39, 0.29) is 12.1 Å². The molecule has 2 atom stereocenters. The van der Waals surface area contributed by atoms with E-state index >= 15 is 0 Å². The van der Waals surface area contributed by atoms with Gasteiger partial charge in [-0.3, -0.25) is 0 Å². The van der Waals surface area contributed by atoms with E-state index in [0.717, 1.165) is 38.6 Å². The highest BCUT2D eigenvalue weighted by atomic mass is 32.2. The molecular weight excluding hydrogens is 274 g/mol. The zero-order chi connectivity index (χ0) is 14.6. The maximum Gasteiger partial charge on any atom is 0.279 e. The van der Waals surface area contributed by atoms with Gasteiger partial charge in [0.2, 0.25) is 0 Å². The van der Waals surface area contributed by atoms with E-state index in [9.17, 15) is 8.42 Å². The van der Waals surface area contributed by atoms with Gasteiger partial charge in [0.05, 0.1) is 0 Å². The first-order valence-corrected chi connectivity index (χ1v) is 9.42. The fraction of sp³-hybridized carbons (Fsp3) is 1.00. The molecule has 1 saturated heterocycles. The molecule has 1 heterocycles. The number of nitrogens with zero attached hydrogens (tertiary/aromatic N) is 1. The van der Waals surface area contributed by atoms with Crippen LogP contribution >= 0.6 is 0 Å². The highest BCUT2D eigenvalue weighted by molar-refractivity contribution is 7.87. The Morgan fingerprint density at radius 1 is 1.15 bits per heavy atom. The van der Waals surface area contributed by atoms with Gasteiger partial charge < -0.3 is 5.32 Å². The number of rotatable bonds is 6. The van der Waals surface area contributed by atoms with Crippen molar-refractivity contribution in [2.75, 3.05) is 20.1 Å². The van der Waals surface area contributed by atoms with Crippen LogP contribution in [0.25, 0.3) is 0 Å². The van der Waals surface area contributed by atoms with Crippen LogP contribution < -0.4 is 10.0 Å². The van der Waals surface area contributed by atoms with Gasteiger partial charge in [-0.25, -0.2) is 0 Å². The fourth-order valence-corrected chi connectivity index (χ4v) is 5.33. The van der Waals surface area contributed by atoms with E-state index in [0.29, 0.717) is 12.5 Å². The van der Waals surface area contributed by atoms with Crippen molar-refractivity contribution in [1.82, 2.24) is 14.3 Å². The molecule has 2 N–H and O–H groups in total. The maximum atomic E-state index is 12.6. The van der Waals surface area contributed by atoms with Crippen LogP contribution in [0.5, 0.6) is 0 Å². The molecule has 0 bridgehead atoms. The van der Waals surface area contributed by atoms with Crippen molar-refractivity contribution in [2.45, 2.75) is 64.0 Å². The second kappa shape index (κ2) is 7.20. The molecule has 6 heteroatoms. The Hall–Kier alpha value is -0.170. The van der Waals surface area contributed by atoms with Gasteiger partial charge in [0.15, 0.2) is 0 Å². The largest absolute Gasteiger partial charge is 0.318 e. The molecule has 5 nitrogen and oxygen atoms in total. The van der Waals surface area contributed by atoms with Gasteiger partial charge in [0.25, 0.3) is 10.2 Å². The predicted molar refractivity (Wildman–Crippen MR) is 81.7 cm³/mol. The lowest BCUT2D eigenvalue weighted by Gasteiger charge is -2.36. The maximum absolute atomic E-state index is 12.6. The number of likely N-dealkylation sites (N-methyl/N-ethyl adjacent to an activating group) is 1. The lowest BCUT2D eigenvalue weighted by molar-refractivity contribution is 0.243. The first kappa shape index (κ1) is 16.2. The third kappa shape index (κ3) is 3.93. The van der Waals surface area contributed by atoms with Crippen molar-refractivity contribution >= 4 is 10.2 Å².